The number of amides is 1. The number of carbonyl (C=O) groups is 1. The molecule has 98 valence electrons. The smallest absolute Gasteiger partial charge is 0.255 e. The largest absolute Gasteiger partial charge is 0.398 e. The number of hydrogen-bond acceptors (Lipinski definition) is 2. The molecule has 3 N–H and O–H groups in total. The number of nitrogens with one attached hydrogen (secondary N) is 1. The maximum Gasteiger partial charge on any atom is 0.255 e. The van der Waals surface area contributed by atoms with Gasteiger partial charge in [-0.1, -0.05) is 11.6 Å². The maximum absolute atomic E-state index is 13.0. The average Bonchev–Trinajstić information content (AvgIpc) is 2.37. The third kappa shape index (κ3) is 3.00. The van der Waals surface area contributed by atoms with Gasteiger partial charge in [-0.05, 0) is 30.3 Å². The van der Waals surface area contributed by atoms with Crippen molar-refractivity contribution in [2.24, 2.45) is 0 Å². The SMILES string of the molecule is Nc1cc(C(=O)Nc2ccc(F)c(F)c2)ccc1Cl. The van der Waals surface area contributed by atoms with E-state index in [1.54, 1.807) is 0 Å². The molecule has 0 fully saturated rings. The van der Waals surface area contributed by atoms with Crippen molar-refractivity contribution in [3.63, 3.8) is 0 Å². The minimum Gasteiger partial charge on any atom is -0.398 e. The molecule has 0 aromatic heterocycles. The van der Waals surface area contributed by atoms with Gasteiger partial charge in [-0.15, -0.1) is 0 Å². The highest BCUT2D eigenvalue weighted by atomic mass is 35.5. The lowest BCUT2D eigenvalue weighted by Crippen LogP contribution is -2.12. The third-order valence-corrected chi connectivity index (χ3v) is 2.78. The summed E-state index contributed by atoms with van der Waals surface area (Å²) >= 11 is 5.74. The first-order chi connectivity index (χ1) is 8.97. The Morgan fingerprint density at radius 3 is 2.47 bits per heavy atom. The van der Waals surface area contributed by atoms with Crippen molar-refractivity contribution >= 4 is 28.9 Å². The number of benzene rings is 2. The zero-order chi connectivity index (χ0) is 14.0. The summed E-state index contributed by atoms with van der Waals surface area (Å²) in [5, 5.41) is 2.77. The van der Waals surface area contributed by atoms with Crippen molar-refractivity contribution in [3.8, 4) is 0 Å². The van der Waals surface area contributed by atoms with Gasteiger partial charge in [0.15, 0.2) is 11.6 Å². The van der Waals surface area contributed by atoms with Crippen LogP contribution in [0.2, 0.25) is 5.02 Å². The fourth-order valence-electron chi connectivity index (χ4n) is 1.46. The summed E-state index contributed by atoms with van der Waals surface area (Å²) in [5.74, 6) is -2.50. The average molecular weight is 283 g/mol. The minimum absolute atomic E-state index is 0.150. The van der Waals surface area contributed by atoms with Gasteiger partial charge in [-0.2, -0.15) is 0 Å². The van der Waals surface area contributed by atoms with Crippen LogP contribution >= 0.6 is 11.6 Å². The summed E-state index contributed by atoms with van der Waals surface area (Å²) in [6.07, 6.45) is 0. The van der Waals surface area contributed by atoms with Crippen LogP contribution in [0.15, 0.2) is 36.4 Å². The summed E-state index contributed by atoms with van der Waals surface area (Å²) < 4.78 is 25.7. The van der Waals surface area contributed by atoms with Gasteiger partial charge in [0.2, 0.25) is 0 Å². The Morgan fingerprint density at radius 2 is 1.84 bits per heavy atom. The van der Waals surface area contributed by atoms with E-state index in [1.807, 2.05) is 0 Å². The molecule has 0 spiro atoms. The highest BCUT2D eigenvalue weighted by Gasteiger charge is 2.09. The zero-order valence-corrected chi connectivity index (χ0v) is 10.3. The molecule has 19 heavy (non-hydrogen) atoms. The summed E-state index contributed by atoms with van der Waals surface area (Å²) in [4.78, 5) is 11.8. The topological polar surface area (TPSA) is 55.1 Å². The summed E-state index contributed by atoms with van der Waals surface area (Å²) in [7, 11) is 0. The van der Waals surface area contributed by atoms with E-state index in [-0.39, 0.29) is 16.9 Å². The van der Waals surface area contributed by atoms with E-state index >= 15 is 0 Å². The van der Waals surface area contributed by atoms with Crippen LogP contribution in [0, 0.1) is 11.6 Å². The molecule has 6 heteroatoms. The van der Waals surface area contributed by atoms with Gasteiger partial charge in [0.05, 0.1) is 10.7 Å². The molecule has 2 aromatic carbocycles. The van der Waals surface area contributed by atoms with Crippen LogP contribution in [0.25, 0.3) is 0 Å². The Kier molecular flexibility index (Phi) is 3.66. The number of hydrogen-bond donors (Lipinski definition) is 2. The summed E-state index contributed by atoms with van der Waals surface area (Å²) in [6.45, 7) is 0. The molecule has 0 unspecified atom stereocenters. The van der Waals surface area contributed by atoms with Crippen molar-refractivity contribution in [1.29, 1.82) is 0 Å². The number of halogens is 3. The molecule has 3 nitrogen and oxygen atoms in total. The molecule has 2 aromatic rings. The first-order valence-electron chi connectivity index (χ1n) is 5.29. The normalized spacial score (nSPS) is 10.3. The van der Waals surface area contributed by atoms with Crippen LogP contribution < -0.4 is 11.1 Å². The van der Waals surface area contributed by atoms with Gasteiger partial charge in [-0.25, -0.2) is 8.78 Å². The van der Waals surface area contributed by atoms with E-state index in [0.29, 0.717) is 5.02 Å². The Balaban J connectivity index is 2.20. The Hall–Kier alpha value is -2.14. The van der Waals surface area contributed by atoms with Crippen molar-refractivity contribution in [1.82, 2.24) is 0 Å². The monoisotopic (exact) mass is 282 g/mol. The van der Waals surface area contributed by atoms with Crippen LogP contribution in [0.3, 0.4) is 0 Å². The van der Waals surface area contributed by atoms with Gasteiger partial charge < -0.3 is 11.1 Å². The number of nitrogens with two attached hydrogens (primary N) is 1. The third-order valence-electron chi connectivity index (χ3n) is 2.44. The van der Waals surface area contributed by atoms with Crippen molar-refractivity contribution < 1.29 is 13.6 Å². The minimum atomic E-state index is -1.03. The predicted octanol–water partition coefficient (Wildman–Crippen LogP) is 3.45. The second-order valence-electron chi connectivity index (χ2n) is 3.82. The zero-order valence-electron chi connectivity index (χ0n) is 9.58. The highest BCUT2D eigenvalue weighted by Crippen LogP contribution is 2.20. The van der Waals surface area contributed by atoms with E-state index in [4.69, 9.17) is 17.3 Å². The van der Waals surface area contributed by atoms with Crippen molar-refractivity contribution in [2.75, 3.05) is 11.1 Å². The Bertz CT molecular complexity index is 647. The van der Waals surface area contributed by atoms with Crippen LogP contribution in [0.4, 0.5) is 20.2 Å². The van der Waals surface area contributed by atoms with E-state index in [0.717, 1.165) is 12.1 Å². The summed E-state index contributed by atoms with van der Waals surface area (Å²) in [6, 6.07) is 7.45. The van der Waals surface area contributed by atoms with Gasteiger partial charge in [-0.3, -0.25) is 4.79 Å². The van der Waals surface area contributed by atoms with E-state index in [1.165, 1.54) is 24.3 Å². The van der Waals surface area contributed by atoms with Crippen LogP contribution in [-0.4, -0.2) is 5.91 Å². The van der Waals surface area contributed by atoms with Crippen molar-refractivity contribution in [2.45, 2.75) is 0 Å². The highest BCUT2D eigenvalue weighted by molar-refractivity contribution is 6.33. The van der Waals surface area contributed by atoms with Crippen LogP contribution in [-0.2, 0) is 0 Å². The second-order valence-corrected chi connectivity index (χ2v) is 4.23. The fourth-order valence-corrected chi connectivity index (χ4v) is 1.58. The van der Waals surface area contributed by atoms with Crippen LogP contribution in [0.1, 0.15) is 10.4 Å². The molecular weight excluding hydrogens is 274 g/mol. The lowest BCUT2D eigenvalue weighted by atomic mass is 10.2. The molecule has 1 amide bonds. The number of anilines is 2. The molecule has 0 atom stereocenters. The van der Waals surface area contributed by atoms with E-state index in [2.05, 4.69) is 5.32 Å². The quantitative estimate of drug-likeness (QED) is 0.829. The molecule has 0 radical (unpaired) electrons. The lowest BCUT2D eigenvalue weighted by molar-refractivity contribution is 0.102. The molecule has 0 saturated carbocycles. The molecular formula is C13H9ClF2N2O. The van der Waals surface area contributed by atoms with Crippen LogP contribution in [0.5, 0.6) is 0 Å². The fraction of sp³-hybridized carbons (Fsp3) is 0. The first kappa shape index (κ1) is 13.3. The number of rotatable bonds is 2. The van der Waals surface area contributed by atoms with Gasteiger partial charge in [0, 0.05) is 17.3 Å². The molecule has 0 heterocycles. The van der Waals surface area contributed by atoms with E-state index < -0.39 is 17.5 Å². The second kappa shape index (κ2) is 5.24. The molecule has 2 rings (SSSR count). The van der Waals surface area contributed by atoms with E-state index in [9.17, 15) is 13.6 Å². The predicted molar refractivity (Wildman–Crippen MR) is 70.2 cm³/mol. The molecule has 0 saturated heterocycles. The number of nitrogen functional groups attached to an aromatic ring is 1. The summed E-state index contributed by atoms with van der Waals surface area (Å²) in [5.41, 5.74) is 6.26. The molecule has 0 aliphatic heterocycles. The Morgan fingerprint density at radius 1 is 1.11 bits per heavy atom. The van der Waals surface area contributed by atoms with Gasteiger partial charge in [0.25, 0.3) is 5.91 Å². The molecule has 0 bridgehead atoms. The van der Waals surface area contributed by atoms with Crippen molar-refractivity contribution in [3.05, 3.63) is 58.6 Å². The van der Waals surface area contributed by atoms with Gasteiger partial charge in [0.1, 0.15) is 0 Å². The first-order valence-corrected chi connectivity index (χ1v) is 5.66. The standard InChI is InChI=1S/C13H9ClF2N2O/c14-9-3-1-7(5-12(9)17)13(19)18-8-2-4-10(15)11(16)6-8/h1-6H,17H2,(H,18,19). The molecule has 0 aliphatic carbocycles. The Labute approximate surface area is 113 Å². The number of carbonyl (C=O) groups excluding carboxylic acids is 1. The van der Waals surface area contributed by atoms with Gasteiger partial charge >= 0.3 is 0 Å². The maximum atomic E-state index is 13.0. The lowest BCUT2D eigenvalue weighted by Gasteiger charge is -2.07. The molecule has 0 aliphatic rings.